The maximum atomic E-state index is 10.8. The molecule has 0 amide bonds. The minimum atomic E-state index is 0.590. The quantitative estimate of drug-likeness (QED) is 0.665. The van der Waals surface area contributed by atoms with Crippen molar-refractivity contribution < 1.29 is 4.79 Å². The van der Waals surface area contributed by atoms with E-state index >= 15 is 0 Å². The summed E-state index contributed by atoms with van der Waals surface area (Å²) >= 11 is 1.50. The summed E-state index contributed by atoms with van der Waals surface area (Å²) in [6, 6.07) is 5.90. The van der Waals surface area contributed by atoms with Gasteiger partial charge in [-0.05, 0) is 24.6 Å². The fourth-order valence-corrected chi connectivity index (χ4v) is 2.53. The molecule has 68 valence electrons. The average Bonchev–Trinajstić information content (AvgIpc) is 2.59. The zero-order chi connectivity index (χ0) is 10.1. The molecule has 2 aromatic rings. The molecule has 0 fully saturated rings. The van der Waals surface area contributed by atoms with Gasteiger partial charge in [0.15, 0.2) is 6.29 Å². The van der Waals surface area contributed by atoms with E-state index in [4.69, 9.17) is 5.26 Å². The van der Waals surface area contributed by atoms with Crippen molar-refractivity contribution in [3.63, 3.8) is 0 Å². The number of nitriles is 1. The van der Waals surface area contributed by atoms with Gasteiger partial charge in [-0.2, -0.15) is 5.26 Å². The predicted octanol–water partition coefficient (Wildman–Crippen LogP) is 2.89. The van der Waals surface area contributed by atoms with Crippen LogP contribution in [-0.2, 0) is 0 Å². The molecule has 0 aliphatic carbocycles. The standard InChI is InChI=1S/C11H7NOS/c1-7-2-8(5-13)11-9(4-12)6-14-10(11)3-7/h2-3,5-6H,1H3. The van der Waals surface area contributed by atoms with Crippen LogP contribution in [-0.4, -0.2) is 6.29 Å². The van der Waals surface area contributed by atoms with Crippen LogP contribution >= 0.6 is 11.3 Å². The molecule has 2 rings (SSSR count). The lowest BCUT2D eigenvalue weighted by Gasteiger charge is -1.97. The molecule has 0 spiro atoms. The summed E-state index contributed by atoms with van der Waals surface area (Å²) in [6.45, 7) is 1.94. The monoisotopic (exact) mass is 201 g/mol. The lowest BCUT2D eigenvalue weighted by atomic mass is 10.1. The van der Waals surface area contributed by atoms with Crippen molar-refractivity contribution in [2.45, 2.75) is 6.92 Å². The highest BCUT2D eigenvalue weighted by Crippen LogP contribution is 2.29. The smallest absolute Gasteiger partial charge is 0.150 e. The number of carbonyl (C=O) groups excluding carboxylic acids is 1. The van der Waals surface area contributed by atoms with Crippen molar-refractivity contribution in [2.75, 3.05) is 0 Å². The Hall–Kier alpha value is -1.66. The van der Waals surface area contributed by atoms with Gasteiger partial charge in [-0.1, -0.05) is 0 Å². The second-order valence-corrected chi connectivity index (χ2v) is 4.02. The normalized spacial score (nSPS) is 10.0. The van der Waals surface area contributed by atoms with Gasteiger partial charge in [-0.3, -0.25) is 4.79 Å². The Morgan fingerprint density at radius 1 is 1.50 bits per heavy atom. The molecule has 0 saturated heterocycles. The van der Waals surface area contributed by atoms with Crippen LogP contribution in [0.2, 0.25) is 0 Å². The zero-order valence-corrected chi connectivity index (χ0v) is 8.39. The van der Waals surface area contributed by atoms with Crippen LogP contribution in [0.5, 0.6) is 0 Å². The van der Waals surface area contributed by atoms with E-state index in [1.54, 1.807) is 5.38 Å². The second-order valence-electron chi connectivity index (χ2n) is 3.11. The van der Waals surface area contributed by atoms with Gasteiger partial charge >= 0.3 is 0 Å². The molecule has 0 aliphatic heterocycles. The molecule has 0 N–H and O–H groups in total. The van der Waals surface area contributed by atoms with Crippen molar-refractivity contribution in [1.29, 1.82) is 5.26 Å². The SMILES string of the molecule is Cc1cc(C=O)c2c(C#N)csc2c1. The number of aryl methyl sites for hydroxylation is 1. The van der Waals surface area contributed by atoms with Crippen LogP contribution in [0.4, 0.5) is 0 Å². The van der Waals surface area contributed by atoms with E-state index in [9.17, 15) is 4.79 Å². The molecular weight excluding hydrogens is 194 g/mol. The zero-order valence-electron chi connectivity index (χ0n) is 7.57. The van der Waals surface area contributed by atoms with E-state index in [0.29, 0.717) is 11.1 Å². The van der Waals surface area contributed by atoms with Crippen molar-refractivity contribution in [1.82, 2.24) is 0 Å². The van der Waals surface area contributed by atoms with E-state index in [-0.39, 0.29) is 0 Å². The van der Waals surface area contributed by atoms with Gasteiger partial charge in [-0.25, -0.2) is 0 Å². The van der Waals surface area contributed by atoms with Gasteiger partial charge in [0, 0.05) is 21.0 Å². The van der Waals surface area contributed by atoms with Crippen LogP contribution in [0.3, 0.4) is 0 Å². The molecule has 0 saturated carbocycles. The molecule has 0 aliphatic rings. The summed E-state index contributed by atoms with van der Waals surface area (Å²) in [5, 5.41) is 11.4. The highest BCUT2D eigenvalue weighted by atomic mass is 32.1. The molecule has 3 heteroatoms. The van der Waals surface area contributed by atoms with Crippen molar-refractivity contribution in [2.24, 2.45) is 0 Å². The minimum Gasteiger partial charge on any atom is -0.298 e. The molecule has 0 atom stereocenters. The Balaban J connectivity index is 2.94. The second kappa shape index (κ2) is 3.24. The third-order valence-corrected chi connectivity index (χ3v) is 3.03. The van der Waals surface area contributed by atoms with Crippen LogP contribution in [0, 0.1) is 18.3 Å². The fourth-order valence-electron chi connectivity index (χ4n) is 1.52. The molecule has 14 heavy (non-hydrogen) atoms. The summed E-state index contributed by atoms with van der Waals surface area (Å²) < 4.78 is 1.00. The number of hydrogen-bond acceptors (Lipinski definition) is 3. The average molecular weight is 201 g/mol. The van der Waals surface area contributed by atoms with Crippen molar-refractivity contribution >= 4 is 27.7 Å². The molecule has 1 aromatic heterocycles. The highest BCUT2D eigenvalue weighted by molar-refractivity contribution is 7.17. The largest absolute Gasteiger partial charge is 0.298 e. The molecule has 0 radical (unpaired) electrons. The lowest BCUT2D eigenvalue weighted by molar-refractivity contribution is 0.112. The molecule has 0 bridgehead atoms. The third-order valence-electron chi connectivity index (χ3n) is 2.10. The number of aldehydes is 1. The van der Waals surface area contributed by atoms with Crippen LogP contribution in [0.1, 0.15) is 21.5 Å². The number of rotatable bonds is 1. The fraction of sp³-hybridized carbons (Fsp3) is 0.0909. The summed E-state index contributed by atoms with van der Waals surface area (Å²) in [7, 11) is 0. The predicted molar refractivity (Wildman–Crippen MR) is 56.7 cm³/mol. The Labute approximate surface area is 85.4 Å². The number of hydrogen-bond donors (Lipinski definition) is 0. The van der Waals surface area contributed by atoms with Crippen LogP contribution in [0.15, 0.2) is 17.5 Å². The van der Waals surface area contributed by atoms with E-state index < -0.39 is 0 Å². The van der Waals surface area contributed by atoms with Gasteiger partial charge in [0.1, 0.15) is 6.07 Å². The minimum absolute atomic E-state index is 0.590. The maximum absolute atomic E-state index is 10.8. The molecule has 2 nitrogen and oxygen atoms in total. The van der Waals surface area contributed by atoms with E-state index in [1.807, 2.05) is 19.1 Å². The first-order valence-corrected chi connectivity index (χ1v) is 5.01. The number of carbonyl (C=O) groups is 1. The molecule has 0 unspecified atom stereocenters. The summed E-state index contributed by atoms with van der Waals surface area (Å²) in [5.74, 6) is 0. The third kappa shape index (κ3) is 1.21. The van der Waals surface area contributed by atoms with Crippen LogP contribution < -0.4 is 0 Å². The molecular formula is C11H7NOS. The van der Waals surface area contributed by atoms with E-state index in [0.717, 1.165) is 21.9 Å². The van der Waals surface area contributed by atoms with Gasteiger partial charge < -0.3 is 0 Å². The molecule has 1 heterocycles. The summed E-state index contributed by atoms with van der Waals surface area (Å²) in [5.41, 5.74) is 2.25. The summed E-state index contributed by atoms with van der Waals surface area (Å²) in [4.78, 5) is 10.8. The first-order chi connectivity index (χ1) is 6.76. The number of thiophene rings is 1. The number of nitrogens with zero attached hydrogens (tertiary/aromatic N) is 1. The van der Waals surface area contributed by atoms with Gasteiger partial charge in [0.25, 0.3) is 0 Å². The Bertz CT molecular complexity index is 548. The van der Waals surface area contributed by atoms with Gasteiger partial charge in [0.2, 0.25) is 0 Å². The van der Waals surface area contributed by atoms with Crippen LogP contribution in [0.25, 0.3) is 10.1 Å². The van der Waals surface area contributed by atoms with E-state index in [1.165, 1.54) is 11.3 Å². The maximum Gasteiger partial charge on any atom is 0.150 e. The number of benzene rings is 1. The van der Waals surface area contributed by atoms with Crippen molar-refractivity contribution in [3.05, 3.63) is 34.2 Å². The Morgan fingerprint density at radius 2 is 2.29 bits per heavy atom. The topological polar surface area (TPSA) is 40.9 Å². The molecule has 1 aromatic carbocycles. The van der Waals surface area contributed by atoms with E-state index in [2.05, 4.69) is 6.07 Å². The first kappa shape index (κ1) is 8.92. The van der Waals surface area contributed by atoms with Gasteiger partial charge in [-0.15, -0.1) is 11.3 Å². The first-order valence-electron chi connectivity index (χ1n) is 4.13. The van der Waals surface area contributed by atoms with Gasteiger partial charge in [0.05, 0.1) is 5.56 Å². The number of fused-ring (bicyclic) bond motifs is 1. The van der Waals surface area contributed by atoms with Crippen molar-refractivity contribution in [3.8, 4) is 6.07 Å². The Kier molecular flexibility index (Phi) is 2.06. The Morgan fingerprint density at radius 3 is 2.93 bits per heavy atom. The lowest BCUT2D eigenvalue weighted by Crippen LogP contribution is -1.84. The summed E-state index contributed by atoms with van der Waals surface area (Å²) in [6.07, 6.45) is 0.808. The highest BCUT2D eigenvalue weighted by Gasteiger charge is 2.08.